The maximum atomic E-state index is 13.4. The van der Waals surface area contributed by atoms with Crippen LogP contribution in [0.4, 0.5) is 10.1 Å². The maximum Gasteiger partial charge on any atom is 0.146 e. The zero-order chi connectivity index (χ0) is 13.8. The standard InChI is InChI=1S/C15H24FN3/c1-18-7-5-12(6-8-18)10-19(2)11-13-3-4-15(17)14(16)9-13/h3-4,9,12H,5-8,10-11,17H2,1-2H3. The summed E-state index contributed by atoms with van der Waals surface area (Å²) >= 11 is 0. The second kappa shape index (κ2) is 6.35. The van der Waals surface area contributed by atoms with Crippen molar-refractivity contribution in [1.82, 2.24) is 9.80 Å². The number of likely N-dealkylation sites (tertiary alicyclic amines) is 1. The number of halogens is 1. The molecule has 0 bridgehead atoms. The summed E-state index contributed by atoms with van der Waals surface area (Å²) in [5.74, 6) is 0.449. The van der Waals surface area contributed by atoms with Crippen LogP contribution in [0.1, 0.15) is 18.4 Å². The van der Waals surface area contributed by atoms with Crippen molar-refractivity contribution in [3.63, 3.8) is 0 Å². The van der Waals surface area contributed by atoms with Crippen LogP contribution in [0.5, 0.6) is 0 Å². The van der Waals surface area contributed by atoms with Gasteiger partial charge in [-0.15, -0.1) is 0 Å². The van der Waals surface area contributed by atoms with Crippen LogP contribution in [0.15, 0.2) is 18.2 Å². The van der Waals surface area contributed by atoms with Gasteiger partial charge in [-0.25, -0.2) is 4.39 Å². The molecule has 106 valence electrons. The van der Waals surface area contributed by atoms with E-state index < -0.39 is 0 Å². The number of benzene rings is 1. The Morgan fingerprint density at radius 3 is 2.68 bits per heavy atom. The predicted molar refractivity (Wildman–Crippen MR) is 77.4 cm³/mol. The molecular formula is C15H24FN3. The lowest BCUT2D eigenvalue weighted by Gasteiger charge is -2.31. The van der Waals surface area contributed by atoms with E-state index >= 15 is 0 Å². The lowest BCUT2D eigenvalue weighted by atomic mass is 9.96. The van der Waals surface area contributed by atoms with Gasteiger partial charge in [-0.05, 0) is 63.6 Å². The van der Waals surface area contributed by atoms with Crippen molar-refractivity contribution in [2.45, 2.75) is 19.4 Å². The minimum absolute atomic E-state index is 0.224. The summed E-state index contributed by atoms with van der Waals surface area (Å²) in [6.45, 7) is 4.24. The van der Waals surface area contributed by atoms with Crippen LogP contribution >= 0.6 is 0 Å². The molecule has 1 heterocycles. The Bertz CT molecular complexity index is 414. The van der Waals surface area contributed by atoms with Gasteiger partial charge in [0.05, 0.1) is 5.69 Å². The molecule has 1 aromatic rings. The summed E-state index contributed by atoms with van der Waals surface area (Å²) in [5.41, 5.74) is 6.70. The molecule has 0 atom stereocenters. The van der Waals surface area contributed by atoms with Crippen molar-refractivity contribution in [2.24, 2.45) is 5.92 Å². The number of piperidine rings is 1. The van der Waals surface area contributed by atoms with Crippen LogP contribution in [0.25, 0.3) is 0 Å². The first-order chi connectivity index (χ1) is 9.04. The molecule has 2 N–H and O–H groups in total. The Labute approximate surface area is 115 Å². The van der Waals surface area contributed by atoms with Crippen molar-refractivity contribution in [1.29, 1.82) is 0 Å². The van der Waals surface area contributed by atoms with Crippen LogP contribution < -0.4 is 5.73 Å². The zero-order valence-corrected chi connectivity index (χ0v) is 11.9. The Morgan fingerprint density at radius 1 is 1.37 bits per heavy atom. The zero-order valence-electron chi connectivity index (χ0n) is 11.9. The van der Waals surface area contributed by atoms with E-state index in [9.17, 15) is 4.39 Å². The van der Waals surface area contributed by atoms with Gasteiger partial charge in [-0.1, -0.05) is 6.07 Å². The molecule has 0 spiro atoms. The van der Waals surface area contributed by atoms with Crippen LogP contribution in [-0.2, 0) is 6.54 Å². The summed E-state index contributed by atoms with van der Waals surface area (Å²) < 4.78 is 13.4. The molecule has 0 unspecified atom stereocenters. The van der Waals surface area contributed by atoms with E-state index in [-0.39, 0.29) is 11.5 Å². The lowest BCUT2D eigenvalue weighted by molar-refractivity contribution is 0.173. The summed E-state index contributed by atoms with van der Waals surface area (Å²) in [6.07, 6.45) is 2.52. The first kappa shape index (κ1) is 14.3. The SMILES string of the molecule is CN1CCC(CN(C)Cc2ccc(N)c(F)c2)CC1. The summed E-state index contributed by atoms with van der Waals surface area (Å²) in [5, 5.41) is 0. The van der Waals surface area contributed by atoms with Gasteiger partial charge in [-0.3, -0.25) is 0 Å². The summed E-state index contributed by atoms with van der Waals surface area (Å²) in [7, 11) is 4.28. The van der Waals surface area contributed by atoms with Gasteiger partial charge in [-0.2, -0.15) is 0 Å². The van der Waals surface area contributed by atoms with E-state index in [0.29, 0.717) is 0 Å². The van der Waals surface area contributed by atoms with Gasteiger partial charge >= 0.3 is 0 Å². The molecule has 0 saturated carbocycles. The third kappa shape index (κ3) is 4.18. The summed E-state index contributed by atoms with van der Waals surface area (Å²) in [6, 6.07) is 5.10. The van der Waals surface area contributed by atoms with Crippen LogP contribution in [0.3, 0.4) is 0 Å². The molecule has 1 saturated heterocycles. The monoisotopic (exact) mass is 265 g/mol. The minimum Gasteiger partial charge on any atom is -0.396 e. The molecule has 4 heteroatoms. The largest absolute Gasteiger partial charge is 0.396 e. The summed E-state index contributed by atoms with van der Waals surface area (Å²) in [4.78, 5) is 4.66. The van der Waals surface area contributed by atoms with E-state index in [1.807, 2.05) is 6.07 Å². The number of nitrogen functional groups attached to an aromatic ring is 1. The smallest absolute Gasteiger partial charge is 0.146 e. The molecule has 1 aliphatic heterocycles. The fraction of sp³-hybridized carbons (Fsp3) is 0.600. The number of hydrogen-bond acceptors (Lipinski definition) is 3. The second-order valence-corrected chi connectivity index (χ2v) is 5.80. The average Bonchev–Trinajstić information content (AvgIpc) is 2.37. The first-order valence-electron chi connectivity index (χ1n) is 6.95. The van der Waals surface area contributed by atoms with E-state index in [1.54, 1.807) is 12.1 Å². The third-order valence-corrected chi connectivity index (χ3v) is 3.93. The van der Waals surface area contributed by atoms with Crippen molar-refractivity contribution < 1.29 is 4.39 Å². The molecule has 2 rings (SSSR count). The molecule has 0 amide bonds. The van der Waals surface area contributed by atoms with Crippen molar-refractivity contribution in [3.05, 3.63) is 29.6 Å². The number of hydrogen-bond donors (Lipinski definition) is 1. The molecule has 1 fully saturated rings. The molecular weight excluding hydrogens is 241 g/mol. The molecule has 3 nitrogen and oxygen atoms in total. The van der Waals surface area contributed by atoms with Gasteiger partial charge in [0, 0.05) is 13.1 Å². The van der Waals surface area contributed by atoms with Crippen molar-refractivity contribution in [2.75, 3.05) is 39.5 Å². The van der Waals surface area contributed by atoms with E-state index in [2.05, 4.69) is 23.9 Å². The normalized spacial score (nSPS) is 18.1. The van der Waals surface area contributed by atoms with Gasteiger partial charge in [0.15, 0.2) is 0 Å². The van der Waals surface area contributed by atoms with E-state index in [0.717, 1.165) is 24.6 Å². The Balaban J connectivity index is 1.83. The predicted octanol–water partition coefficient (Wildman–Crippen LogP) is 2.18. The highest BCUT2D eigenvalue weighted by atomic mass is 19.1. The maximum absolute atomic E-state index is 13.4. The quantitative estimate of drug-likeness (QED) is 0.847. The highest BCUT2D eigenvalue weighted by molar-refractivity contribution is 5.41. The van der Waals surface area contributed by atoms with Gasteiger partial charge in [0.2, 0.25) is 0 Å². The second-order valence-electron chi connectivity index (χ2n) is 5.80. The van der Waals surface area contributed by atoms with Gasteiger partial charge < -0.3 is 15.5 Å². The Morgan fingerprint density at radius 2 is 2.05 bits per heavy atom. The number of anilines is 1. The fourth-order valence-electron chi connectivity index (χ4n) is 2.73. The minimum atomic E-state index is -0.315. The molecule has 0 aliphatic carbocycles. The Hall–Kier alpha value is -1.13. The number of rotatable bonds is 4. The highest BCUT2D eigenvalue weighted by Crippen LogP contribution is 2.18. The highest BCUT2D eigenvalue weighted by Gasteiger charge is 2.18. The molecule has 0 aromatic heterocycles. The van der Waals surface area contributed by atoms with E-state index in [4.69, 9.17) is 5.73 Å². The first-order valence-corrected chi connectivity index (χ1v) is 6.95. The average molecular weight is 265 g/mol. The van der Waals surface area contributed by atoms with Crippen LogP contribution in [0.2, 0.25) is 0 Å². The van der Waals surface area contributed by atoms with Crippen LogP contribution in [0, 0.1) is 11.7 Å². The Kier molecular flexibility index (Phi) is 4.77. The number of nitrogens with two attached hydrogens (primary N) is 1. The van der Waals surface area contributed by atoms with Gasteiger partial charge in [0.25, 0.3) is 0 Å². The molecule has 1 aromatic carbocycles. The topological polar surface area (TPSA) is 32.5 Å². The fourth-order valence-corrected chi connectivity index (χ4v) is 2.73. The lowest BCUT2D eigenvalue weighted by Crippen LogP contribution is -2.35. The van der Waals surface area contributed by atoms with Crippen LogP contribution in [-0.4, -0.2) is 43.5 Å². The molecule has 0 radical (unpaired) electrons. The van der Waals surface area contributed by atoms with E-state index in [1.165, 1.54) is 25.9 Å². The van der Waals surface area contributed by atoms with Gasteiger partial charge in [0.1, 0.15) is 5.82 Å². The van der Waals surface area contributed by atoms with Crippen molar-refractivity contribution in [3.8, 4) is 0 Å². The third-order valence-electron chi connectivity index (χ3n) is 3.93. The molecule has 1 aliphatic rings. The van der Waals surface area contributed by atoms with Crippen molar-refractivity contribution >= 4 is 5.69 Å². The number of nitrogens with zero attached hydrogens (tertiary/aromatic N) is 2. The molecule has 19 heavy (non-hydrogen) atoms.